The van der Waals surface area contributed by atoms with Crippen LogP contribution in [0.25, 0.3) is 0 Å². The van der Waals surface area contributed by atoms with Crippen LogP contribution in [-0.4, -0.2) is 6.54 Å². The molecular weight excluding hydrogens is 202 g/mol. The Morgan fingerprint density at radius 3 is 3.15 bits per heavy atom. The normalized spacial score (nSPS) is 20.5. The number of nitrogens with two attached hydrogens (primary N) is 1. The third-order valence-corrected chi connectivity index (χ3v) is 3.69. The molecule has 0 amide bonds. The summed E-state index contributed by atoms with van der Waals surface area (Å²) >= 11 is 1.91. The van der Waals surface area contributed by atoms with E-state index >= 15 is 0 Å². The van der Waals surface area contributed by atoms with Crippen LogP contribution in [-0.2, 0) is 6.42 Å². The molecule has 0 fully saturated rings. The Bertz CT molecular complexity index is 259. The van der Waals surface area contributed by atoms with Gasteiger partial charge in [0.25, 0.3) is 0 Å². The molecule has 0 bridgehead atoms. The Hall–Kier alpha value is -0.0500. The quantitative estimate of drug-likeness (QED) is 0.810. The summed E-state index contributed by atoms with van der Waals surface area (Å²) in [6.07, 6.45) is 5.18. The molecule has 0 aliphatic heterocycles. The van der Waals surface area contributed by atoms with Crippen LogP contribution in [0.2, 0.25) is 0 Å². The molecule has 1 heterocycles. The van der Waals surface area contributed by atoms with Crippen molar-refractivity contribution in [1.82, 2.24) is 0 Å². The van der Waals surface area contributed by atoms with E-state index in [1.54, 1.807) is 10.4 Å². The summed E-state index contributed by atoms with van der Waals surface area (Å²) in [5.74, 6) is 0.769. The molecule has 1 atom stereocenters. The van der Waals surface area contributed by atoms with Gasteiger partial charge < -0.3 is 5.73 Å². The molecule has 2 rings (SSSR count). The van der Waals surface area contributed by atoms with Gasteiger partial charge in [0.2, 0.25) is 0 Å². The minimum atomic E-state index is 0. The molecule has 0 radical (unpaired) electrons. The van der Waals surface area contributed by atoms with Crippen LogP contribution in [0.15, 0.2) is 11.4 Å². The molecule has 0 saturated heterocycles. The van der Waals surface area contributed by atoms with Crippen LogP contribution < -0.4 is 5.73 Å². The van der Waals surface area contributed by atoms with Gasteiger partial charge in [-0.05, 0) is 55.2 Å². The van der Waals surface area contributed by atoms with Crippen molar-refractivity contribution < 1.29 is 0 Å². The van der Waals surface area contributed by atoms with E-state index in [1.165, 1.54) is 25.7 Å². The molecule has 1 aliphatic rings. The van der Waals surface area contributed by atoms with Crippen LogP contribution >= 0.6 is 23.7 Å². The van der Waals surface area contributed by atoms with E-state index in [2.05, 4.69) is 11.4 Å². The summed E-state index contributed by atoms with van der Waals surface area (Å²) in [5, 5.41) is 2.22. The summed E-state index contributed by atoms with van der Waals surface area (Å²) in [4.78, 5) is 1.61. The fourth-order valence-electron chi connectivity index (χ4n) is 2.08. The van der Waals surface area contributed by atoms with Gasteiger partial charge in [0.15, 0.2) is 0 Å². The number of thiophene rings is 1. The van der Waals surface area contributed by atoms with Gasteiger partial charge >= 0.3 is 0 Å². The number of halogens is 1. The van der Waals surface area contributed by atoms with Gasteiger partial charge in [0.05, 0.1) is 0 Å². The van der Waals surface area contributed by atoms with Crippen molar-refractivity contribution in [3.05, 3.63) is 21.9 Å². The molecule has 1 aromatic rings. The maximum absolute atomic E-state index is 5.59. The first-order valence-electron chi connectivity index (χ1n) is 4.68. The van der Waals surface area contributed by atoms with Gasteiger partial charge in [-0.2, -0.15) is 0 Å². The Labute approximate surface area is 89.7 Å². The number of fused-ring (bicyclic) bond motifs is 1. The average molecular weight is 218 g/mol. The van der Waals surface area contributed by atoms with Crippen molar-refractivity contribution in [2.45, 2.75) is 31.6 Å². The summed E-state index contributed by atoms with van der Waals surface area (Å²) in [5.41, 5.74) is 7.18. The SMILES string of the molecule is Cl.NCCC1CCCc2sccc21. The fourth-order valence-corrected chi connectivity index (χ4v) is 3.09. The van der Waals surface area contributed by atoms with E-state index in [9.17, 15) is 0 Å². The summed E-state index contributed by atoms with van der Waals surface area (Å²) in [7, 11) is 0. The number of hydrogen-bond donors (Lipinski definition) is 1. The van der Waals surface area contributed by atoms with Crippen molar-refractivity contribution in [2.24, 2.45) is 5.73 Å². The van der Waals surface area contributed by atoms with E-state index in [1.807, 2.05) is 11.3 Å². The molecule has 0 aromatic carbocycles. The van der Waals surface area contributed by atoms with Crippen molar-refractivity contribution in [1.29, 1.82) is 0 Å². The zero-order chi connectivity index (χ0) is 8.39. The van der Waals surface area contributed by atoms with E-state index in [-0.39, 0.29) is 12.4 Å². The Kier molecular flexibility index (Phi) is 4.23. The first kappa shape index (κ1) is 11.0. The van der Waals surface area contributed by atoms with Crippen molar-refractivity contribution in [2.75, 3.05) is 6.54 Å². The van der Waals surface area contributed by atoms with Gasteiger partial charge in [-0.25, -0.2) is 0 Å². The molecule has 13 heavy (non-hydrogen) atoms. The van der Waals surface area contributed by atoms with Crippen molar-refractivity contribution >= 4 is 23.7 Å². The molecule has 2 N–H and O–H groups in total. The van der Waals surface area contributed by atoms with Crippen LogP contribution in [0, 0.1) is 0 Å². The van der Waals surface area contributed by atoms with Crippen LogP contribution in [0.1, 0.15) is 35.6 Å². The van der Waals surface area contributed by atoms with E-state index in [0.29, 0.717) is 0 Å². The molecule has 0 saturated carbocycles. The second-order valence-electron chi connectivity index (χ2n) is 3.47. The topological polar surface area (TPSA) is 26.0 Å². The van der Waals surface area contributed by atoms with Crippen LogP contribution in [0.3, 0.4) is 0 Å². The van der Waals surface area contributed by atoms with E-state index < -0.39 is 0 Å². The average Bonchev–Trinajstić information content (AvgIpc) is 2.53. The number of hydrogen-bond acceptors (Lipinski definition) is 2. The maximum atomic E-state index is 5.59. The smallest absolute Gasteiger partial charge is 0.00800 e. The largest absolute Gasteiger partial charge is 0.330 e. The fraction of sp³-hybridized carbons (Fsp3) is 0.600. The molecule has 3 heteroatoms. The first-order chi connectivity index (χ1) is 5.92. The van der Waals surface area contributed by atoms with Crippen molar-refractivity contribution in [3.63, 3.8) is 0 Å². The van der Waals surface area contributed by atoms with Crippen LogP contribution in [0.5, 0.6) is 0 Å². The highest BCUT2D eigenvalue weighted by Gasteiger charge is 2.19. The zero-order valence-corrected chi connectivity index (χ0v) is 9.29. The molecule has 74 valence electrons. The lowest BCUT2D eigenvalue weighted by atomic mass is 9.86. The summed E-state index contributed by atoms with van der Waals surface area (Å²) in [6.45, 7) is 0.833. The van der Waals surface area contributed by atoms with Gasteiger partial charge in [-0.3, -0.25) is 0 Å². The van der Waals surface area contributed by atoms with Crippen LogP contribution in [0.4, 0.5) is 0 Å². The molecule has 0 spiro atoms. The zero-order valence-electron chi connectivity index (χ0n) is 7.66. The summed E-state index contributed by atoms with van der Waals surface area (Å²) in [6, 6.07) is 2.29. The molecule has 1 aromatic heterocycles. The highest BCUT2D eigenvalue weighted by atomic mass is 35.5. The third kappa shape index (κ3) is 2.25. The minimum Gasteiger partial charge on any atom is -0.330 e. The third-order valence-electron chi connectivity index (χ3n) is 2.69. The van der Waals surface area contributed by atoms with Gasteiger partial charge in [0, 0.05) is 4.88 Å². The Balaban J connectivity index is 0.000000845. The predicted molar refractivity (Wildman–Crippen MR) is 60.9 cm³/mol. The summed E-state index contributed by atoms with van der Waals surface area (Å²) < 4.78 is 0. The molecule has 1 aliphatic carbocycles. The van der Waals surface area contributed by atoms with Gasteiger partial charge in [-0.15, -0.1) is 23.7 Å². The lowest BCUT2D eigenvalue weighted by Gasteiger charge is -2.21. The van der Waals surface area contributed by atoms with E-state index in [4.69, 9.17) is 5.73 Å². The Morgan fingerprint density at radius 2 is 2.38 bits per heavy atom. The predicted octanol–water partition coefficient (Wildman–Crippen LogP) is 2.94. The highest BCUT2D eigenvalue weighted by molar-refractivity contribution is 7.10. The second kappa shape index (κ2) is 4.99. The van der Waals surface area contributed by atoms with Crippen molar-refractivity contribution in [3.8, 4) is 0 Å². The lowest BCUT2D eigenvalue weighted by Crippen LogP contribution is -2.11. The molecular formula is C10H16ClNS. The minimum absolute atomic E-state index is 0. The van der Waals surface area contributed by atoms with E-state index in [0.717, 1.165) is 12.5 Å². The Morgan fingerprint density at radius 1 is 1.54 bits per heavy atom. The monoisotopic (exact) mass is 217 g/mol. The highest BCUT2D eigenvalue weighted by Crippen LogP contribution is 2.36. The second-order valence-corrected chi connectivity index (χ2v) is 4.47. The number of aryl methyl sites for hydroxylation is 1. The molecule has 1 nitrogen and oxygen atoms in total. The molecule has 1 unspecified atom stereocenters. The maximum Gasteiger partial charge on any atom is 0.00800 e. The lowest BCUT2D eigenvalue weighted by molar-refractivity contribution is 0.532. The van der Waals surface area contributed by atoms with Gasteiger partial charge in [0.1, 0.15) is 0 Å². The number of rotatable bonds is 2. The first-order valence-corrected chi connectivity index (χ1v) is 5.56. The standard InChI is InChI=1S/C10H15NS.ClH/c11-6-4-8-2-1-3-10-9(8)5-7-12-10;/h5,7-8H,1-4,6,11H2;1H. The van der Waals surface area contributed by atoms with Gasteiger partial charge in [-0.1, -0.05) is 0 Å².